The van der Waals surface area contributed by atoms with E-state index in [4.69, 9.17) is 9.26 Å². The lowest BCUT2D eigenvalue weighted by Crippen LogP contribution is -1.84. The Bertz CT molecular complexity index is 769. The monoisotopic (exact) mass is 394 g/mol. The summed E-state index contributed by atoms with van der Waals surface area (Å²) in [4.78, 5) is 4.34. The zero-order valence-corrected chi connectivity index (χ0v) is 13.2. The van der Waals surface area contributed by atoms with Gasteiger partial charge in [-0.15, -0.1) is 0 Å². The van der Waals surface area contributed by atoms with Gasteiger partial charge in [0, 0.05) is 11.1 Å². The second-order valence-electron chi connectivity index (χ2n) is 4.32. The number of nitrogens with zero attached hydrogens (tertiary/aromatic N) is 2. The van der Waals surface area contributed by atoms with Crippen molar-refractivity contribution in [2.24, 2.45) is 0 Å². The fraction of sp³-hybridized carbons (Fsp3) is 0.0667. The van der Waals surface area contributed by atoms with Crippen LogP contribution in [-0.2, 0) is 0 Å². The van der Waals surface area contributed by atoms with Crippen LogP contribution in [0.1, 0.15) is 0 Å². The number of aromatic nitrogens is 2. The van der Waals surface area contributed by atoms with Crippen LogP contribution in [-0.4, -0.2) is 22.4 Å². The molecule has 0 atom stereocenters. The van der Waals surface area contributed by atoms with E-state index in [1.54, 1.807) is 19.2 Å². The van der Waals surface area contributed by atoms with Crippen molar-refractivity contribution >= 4 is 22.6 Å². The normalized spacial score (nSPS) is 10.6. The topological polar surface area (TPSA) is 68.4 Å². The van der Waals surface area contributed by atoms with Crippen LogP contribution in [0, 0.1) is 3.57 Å². The van der Waals surface area contributed by atoms with Gasteiger partial charge in [0.05, 0.1) is 10.7 Å². The number of ether oxygens (including phenoxy) is 1. The Morgan fingerprint density at radius 2 is 1.81 bits per heavy atom. The van der Waals surface area contributed by atoms with Gasteiger partial charge in [-0.2, -0.15) is 4.98 Å². The molecule has 0 fully saturated rings. The first-order valence-electron chi connectivity index (χ1n) is 6.14. The summed E-state index contributed by atoms with van der Waals surface area (Å²) in [7, 11) is 1.62. The van der Waals surface area contributed by atoms with E-state index in [2.05, 4.69) is 32.7 Å². The maximum atomic E-state index is 9.73. The molecule has 2 aromatic carbocycles. The molecule has 6 heteroatoms. The summed E-state index contributed by atoms with van der Waals surface area (Å²) in [6.07, 6.45) is 0. The van der Waals surface area contributed by atoms with E-state index in [9.17, 15) is 5.11 Å². The third-order valence-electron chi connectivity index (χ3n) is 2.97. The van der Waals surface area contributed by atoms with E-state index in [0.717, 1.165) is 14.9 Å². The smallest absolute Gasteiger partial charge is 0.258 e. The highest BCUT2D eigenvalue weighted by atomic mass is 127. The molecular weight excluding hydrogens is 383 g/mol. The number of phenols is 1. The Hall–Kier alpha value is -2.09. The standard InChI is InChI=1S/C15H11IN2O3/c1-20-11-5-2-9(3-6-11)14-17-15(21-18-14)10-4-7-12(16)13(19)8-10/h2-8,19H,1H3. The van der Waals surface area contributed by atoms with E-state index in [1.165, 1.54) is 0 Å². The zero-order valence-electron chi connectivity index (χ0n) is 11.1. The molecule has 0 bridgehead atoms. The average Bonchev–Trinajstić information content (AvgIpc) is 3.00. The third-order valence-corrected chi connectivity index (χ3v) is 3.88. The third kappa shape index (κ3) is 2.85. The molecule has 3 aromatic rings. The molecular formula is C15H11IN2O3. The molecule has 0 unspecified atom stereocenters. The van der Waals surface area contributed by atoms with Crippen LogP contribution in [0.2, 0.25) is 0 Å². The highest BCUT2D eigenvalue weighted by molar-refractivity contribution is 14.1. The Morgan fingerprint density at radius 3 is 2.48 bits per heavy atom. The number of benzene rings is 2. The van der Waals surface area contributed by atoms with Crippen LogP contribution < -0.4 is 4.74 Å². The molecule has 0 saturated heterocycles. The summed E-state index contributed by atoms with van der Waals surface area (Å²) in [5, 5.41) is 13.7. The van der Waals surface area contributed by atoms with E-state index >= 15 is 0 Å². The minimum absolute atomic E-state index is 0.192. The number of methoxy groups -OCH3 is 1. The van der Waals surface area contributed by atoms with E-state index in [1.807, 2.05) is 30.3 Å². The first-order valence-corrected chi connectivity index (χ1v) is 7.22. The Balaban J connectivity index is 1.93. The summed E-state index contributed by atoms with van der Waals surface area (Å²) >= 11 is 2.05. The van der Waals surface area contributed by atoms with Gasteiger partial charge in [-0.1, -0.05) is 5.16 Å². The van der Waals surface area contributed by atoms with Crippen molar-refractivity contribution in [2.75, 3.05) is 7.11 Å². The van der Waals surface area contributed by atoms with Gasteiger partial charge in [0.2, 0.25) is 5.82 Å². The fourth-order valence-corrected chi connectivity index (χ4v) is 2.18. The Kier molecular flexibility index (Phi) is 3.78. The van der Waals surface area contributed by atoms with Crippen molar-refractivity contribution in [3.63, 3.8) is 0 Å². The van der Waals surface area contributed by atoms with Gasteiger partial charge in [0.15, 0.2) is 0 Å². The van der Waals surface area contributed by atoms with Gasteiger partial charge in [0.1, 0.15) is 11.5 Å². The molecule has 0 radical (unpaired) electrons. The van der Waals surface area contributed by atoms with E-state index < -0.39 is 0 Å². The summed E-state index contributed by atoms with van der Waals surface area (Å²) in [6.45, 7) is 0. The molecule has 21 heavy (non-hydrogen) atoms. The molecule has 5 nitrogen and oxygen atoms in total. The number of hydrogen-bond acceptors (Lipinski definition) is 5. The van der Waals surface area contributed by atoms with Crippen molar-refractivity contribution in [2.45, 2.75) is 0 Å². The predicted molar refractivity (Wildman–Crippen MR) is 86.1 cm³/mol. The lowest BCUT2D eigenvalue weighted by molar-refractivity contribution is 0.415. The van der Waals surface area contributed by atoms with Crippen LogP contribution >= 0.6 is 22.6 Å². The van der Waals surface area contributed by atoms with Gasteiger partial charge < -0.3 is 14.4 Å². The largest absolute Gasteiger partial charge is 0.507 e. The van der Waals surface area contributed by atoms with Crippen LogP contribution in [0.5, 0.6) is 11.5 Å². The number of rotatable bonds is 3. The van der Waals surface area contributed by atoms with Crippen LogP contribution in [0.4, 0.5) is 0 Å². The van der Waals surface area contributed by atoms with Crippen molar-refractivity contribution < 1.29 is 14.4 Å². The lowest BCUT2D eigenvalue weighted by atomic mass is 10.2. The highest BCUT2D eigenvalue weighted by Gasteiger charge is 2.12. The molecule has 0 amide bonds. The molecule has 1 heterocycles. The summed E-state index contributed by atoms with van der Waals surface area (Å²) in [6, 6.07) is 12.6. The second-order valence-corrected chi connectivity index (χ2v) is 5.48. The van der Waals surface area contributed by atoms with Crippen molar-refractivity contribution in [3.05, 3.63) is 46.0 Å². The van der Waals surface area contributed by atoms with Crippen molar-refractivity contribution in [3.8, 4) is 34.3 Å². The van der Waals surface area contributed by atoms with Crippen molar-refractivity contribution in [1.29, 1.82) is 0 Å². The van der Waals surface area contributed by atoms with E-state index in [0.29, 0.717) is 17.3 Å². The predicted octanol–water partition coefficient (Wildman–Crippen LogP) is 3.72. The molecule has 3 rings (SSSR count). The van der Waals surface area contributed by atoms with Crippen LogP contribution in [0.25, 0.3) is 22.8 Å². The zero-order chi connectivity index (χ0) is 14.8. The molecule has 0 spiro atoms. The van der Waals surface area contributed by atoms with Gasteiger partial charge >= 0.3 is 0 Å². The van der Waals surface area contributed by atoms with E-state index in [-0.39, 0.29) is 5.75 Å². The van der Waals surface area contributed by atoms with Gasteiger partial charge in [0.25, 0.3) is 5.89 Å². The average molecular weight is 394 g/mol. The SMILES string of the molecule is COc1ccc(-c2noc(-c3ccc(I)c(O)c3)n2)cc1. The fourth-order valence-electron chi connectivity index (χ4n) is 1.84. The first-order chi connectivity index (χ1) is 10.2. The maximum Gasteiger partial charge on any atom is 0.258 e. The van der Waals surface area contributed by atoms with Gasteiger partial charge in [-0.3, -0.25) is 0 Å². The quantitative estimate of drug-likeness (QED) is 0.686. The van der Waals surface area contributed by atoms with Crippen LogP contribution in [0.15, 0.2) is 47.0 Å². The lowest BCUT2D eigenvalue weighted by Gasteiger charge is -1.99. The summed E-state index contributed by atoms with van der Waals surface area (Å²) in [5.74, 6) is 1.82. The minimum atomic E-state index is 0.192. The number of phenolic OH excluding ortho intramolecular Hbond substituents is 1. The number of hydrogen-bond donors (Lipinski definition) is 1. The summed E-state index contributed by atoms with van der Waals surface area (Å²) in [5.41, 5.74) is 1.51. The first kappa shape index (κ1) is 13.9. The number of halogens is 1. The summed E-state index contributed by atoms with van der Waals surface area (Å²) < 4.78 is 11.1. The highest BCUT2D eigenvalue weighted by Crippen LogP contribution is 2.28. The Morgan fingerprint density at radius 1 is 1.10 bits per heavy atom. The molecule has 0 aliphatic heterocycles. The molecule has 0 aliphatic rings. The minimum Gasteiger partial charge on any atom is -0.507 e. The van der Waals surface area contributed by atoms with Gasteiger partial charge in [-0.25, -0.2) is 0 Å². The maximum absolute atomic E-state index is 9.73. The van der Waals surface area contributed by atoms with Crippen LogP contribution in [0.3, 0.4) is 0 Å². The van der Waals surface area contributed by atoms with Crippen molar-refractivity contribution in [1.82, 2.24) is 10.1 Å². The molecule has 0 aliphatic carbocycles. The molecule has 1 N–H and O–H groups in total. The molecule has 106 valence electrons. The molecule has 1 aromatic heterocycles. The Labute approximate surface area is 134 Å². The molecule has 0 saturated carbocycles. The second kappa shape index (κ2) is 5.72. The van der Waals surface area contributed by atoms with Gasteiger partial charge in [-0.05, 0) is 65.1 Å². The number of aromatic hydroxyl groups is 1.